The number of rotatable bonds is 8. The second-order valence-electron chi connectivity index (χ2n) is 6.66. The number of carbonyl (C=O) groups is 4. The zero-order chi connectivity index (χ0) is 23.5. The highest BCUT2D eigenvalue weighted by molar-refractivity contribution is 6.53. The number of anilines is 1. The van der Waals surface area contributed by atoms with Crippen LogP contribution in [-0.4, -0.2) is 59.4 Å². The van der Waals surface area contributed by atoms with Crippen LogP contribution < -0.4 is 9.64 Å². The normalized spacial score (nSPS) is 14.3. The highest BCUT2D eigenvalue weighted by Gasteiger charge is 2.47. The standard InChI is InChI=1S/C20H18F3N3O6/c1-2-31-15-8-4-3-7-14(15)26-18(29)17(28)25(19(26)30)11-16(27)24(12-20(21,22)23)10-13-6-5-9-32-13/h3-9H,2,10-12H2,1H3. The van der Waals surface area contributed by atoms with E-state index in [0.29, 0.717) is 14.7 Å². The molecule has 2 heterocycles. The van der Waals surface area contributed by atoms with Crippen LogP contribution in [-0.2, 0) is 20.9 Å². The number of carbonyl (C=O) groups excluding carboxylic acids is 4. The van der Waals surface area contributed by atoms with Gasteiger partial charge in [0.2, 0.25) is 5.91 Å². The van der Waals surface area contributed by atoms with Gasteiger partial charge in [-0.3, -0.25) is 14.4 Å². The molecule has 1 aliphatic rings. The number of hydrogen-bond acceptors (Lipinski definition) is 6. The third-order valence-electron chi connectivity index (χ3n) is 4.40. The number of ether oxygens (including phenoxy) is 1. The molecule has 0 unspecified atom stereocenters. The summed E-state index contributed by atoms with van der Waals surface area (Å²) in [5.41, 5.74) is -0.0182. The molecule has 5 amide bonds. The quantitative estimate of drug-likeness (QED) is 0.450. The average Bonchev–Trinajstić information content (AvgIpc) is 3.30. The molecule has 9 nitrogen and oxygen atoms in total. The van der Waals surface area contributed by atoms with E-state index in [1.165, 1.54) is 36.6 Å². The van der Waals surface area contributed by atoms with Crippen molar-refractivity contribution in [3.05, 3.63) is 48.4 Å². The van der Waals surface area contributed by atoms with Gasteiger partial charge in [-0.2, -0.15) is 13.2 Å². The molecule has 1 aromatic carbocycles. The molecule has 0 spiro atoms. The number of nitrogens with zero attached hydrogens (tertiary/aromatic N) is 3. The molecule has 0 aliphatic carbocycles. The van der Waals surface area contributed by atoms with Gasteiger partial charge in [-0.1, -0.05) is 12.1 Å². The minimum Gasteiger partial charge on any atom is -0.492 e. The predicted octanol–water partition coefficient (Wildman–Crippen LogP) is 2.56. The summed E-state index contributed by atoms with van der Waals surface area (Å²) in [5.74, 6) is -3.55. The number of urea groups is 1. The van der Waals surface area contributed by atoms with Gasteiger partial charge in [0.15, 0.2) is 0 Å². The van der Waals surface area contributed by atoms with Crippen molar-refractivity contribution in [1.82, 2.24) is 9.80 Å². The third-order valence-corrected chi connectivity index (χ3v) is 4.40. The smallest absolute Gasteiger partial charge is 0.406 e. The maximum absolute atomic E-state index is 13.0. The molecular formula is C20H18F3N3O6. The second kappa shape index (κ2) is 9.12. The molecular weight excluding hydrogens is 435 g/mol. The Labute approximate surface area is 179 Å². The topological polar surface area (TPSA) is 100 Å². The highest BCUT2D eigenvalue weighted by atomic mass is 19.4. The molecule has 0 atom stereocenters. The summed E-state index contributed by atoms with van der Waals surface area (Å²) in [4.78, 5) is 51.5. The van der Waals surface area contributed by atoms with E-state index in [-0.39, 0.29) is 23.8 Å². The molecule has 1 aliphatic heterocycles. The first-order valence-corrected chi connectivity index (χ1v) is 9.41. The van der Waals surface area contributed by atoms with Gasteiger partial charge in [0, 0.05) is 0 Å². The number of benzene rings is 1. The van der Waals surface area contributed by atoms with Gasteiger partial charge >= 0.3 is 24.0 Å². The zero-order valence-electron chi connectivity index (χ0n) is 16.8. The number of amides is 5. The monoisotopic (exact) mass is 453 g/mol. The van der Waals surface area contributed by atoms with Crippen LogP contribution in [0, 0.1) is 0 Å². The second-order valence-corrected chi connectivity index (χ2v) is 6.66. The Balaban J connectivity index is 1.82. The van der Waals surface area contributed by atoms with Crippen molar-refractivity contribution in [2.75, 3.05) is 24.6 Å². The van der Waals surface area contributed by atoms with Crippen LogP contribution in [0.5, 0.6) is 5.75 Å². The van der Waals surface area contributed by atoms with Crippen LogP contribution in [0.15, 0.2) is 47.1 Å². The van der Waals surface area contributed by atoms with E-state index in [9.17, 15) is 32.3 Å². The van der Waals surface area contributed by atoms with Gasteiger partial charge in [0.1, 0.15) is 24.6 Å². The fraction of sp³-hybridized carbons (Fsp3) is 0.300. The zero-order valence-corrected chi connectivity index (χ0v) is 16.8. The van der Waals surface area contributed by atoms with Crippen molar-refractivity contribution >= 4 is 29.4 Å². The molecule has 1 fully saturated rings. The Morgan fingerprint density at radius 1 is 1.09 bits per heavy atom. The molecule has 2 aromatic rings. The average molecular weight is 453 g/mol. The van der Waals surface area contributed by atoms with Crippen molar-refractivity contribution in [1.29, 1.82) is 0 Å². The van der Waals surface area contributed by atoms with E-state index in [0.717, 1.165) is 0 Å². The maximum atomic E-state index is 13.0. The Bertz CT molecular complexity index is 1020. The summed E-state index contributed by atoms with van der Waals surface area (Å²) >= 11 is 0. The van der Waals surface area contributed by atoms with Crippen molar-refractivity contribution in [3.8, 4) is 5.75 Å². The lowest BCUT2D eigenvalue weighted by molar-refractivity contribution is -0.163. The fourth-order valence-electron chi connectivity index (χ4n) is 3.05. The minimum atomic E-state index is -4.74. The summed E-state index contributed by atoms with van der Waals surface area (Å²) in [6, 6.07) is 7.59. The van der Waals surface area contributed by atoms with E-state index in [1.54, 1.807) is 13.0 Å². The summed E-state index contributed by atoms with van der Waals surface area (Å²) in [6.07, 6.45) is -3.51. The first kappa shape index (κ1) is 22.8. The number of halogens is 3. The molecule has 0 saturated carbocycles. The molecule has 3 rings (SSSR count). The van der Waals surface area contributed by atoms with Crippen molar-refractivity contribution in [3.63, 3.8) is 0 Å². The van der Waals surface area contributed by atoms with Crippen molar-refractivity contribution in [2.45, 2.75) is 19.6 Å². The number of para-hydroxylation sites is 2. The van der Waals surface area contributed by atoms with Gasteiger partial charge in [0.25, 0.3) is 0 Å². The van der Waals surface area contributed by atoms with E-state index in [4.69, 9.17) is 9.15 Å². The van der Waals surface area contributed by atoms with E-state index >= 15 is 0 Å². The van der Waals surface area contributed by atoms with Crippen molar-refractivity contribution in [2.24, 2.45) is 0 Å². The van der Waals surface area contributed by atoms with Gasteiger partial charge in [0.05, 0.1) is 25.1 Å². The van der Waals surface area contributed by atoms with Gasteiger partial charge in [-0.25, -0.2) is 14.6 Å². The lowest BCUT2D eigenvalue weighted by Gasteiger charge is -2.25. The van der Waals surface area contributed by atoms with Crippen molar-refractivity contribution < 1.29 is 41.5 Å². The van der Waals surface area contributed by atoms with Crippen LogP contribution in [0.3, 0.4) is 0 Å². The maximum Gasteiger partial charge on any atom is 0.406 e. The van der Waals surface area contributed by atoms with Gasteiger partial charge in [-0.05, 0) is 31.2 Å². The summed E-state index contributed by atoms with van der Waals surface area (Å²) in [6.45, 7) is -1.33. The minimum absolute atomic E-state index is 0.0182. The lowest BCUT2D eigenvalue weighted by Crippen LogP contribution is -2.46. The molecule has 1 aromatic heterocycles. The van der Waals surface area contributed by atoms with Crippen LogP contribution >= 0.6 is 0 Å². The van der Waals surface area contributed by atoms with Crippen LogP contribution in [0.25, 0.3) is 0 Å². The fourth-order valence-corrected chi connectivity index (χ4v) is 3.05. The van der Waals surface area contributed by atoms with E-state index in [1.807, 2.05) is 0 Å². The third kappa shape index (κ3) is 4.90. The number of furan rings is 1. The molecule has 0 N–H and O–H groups in total. The SMILES string of the molecule is CCOc1ccccc1N1C(=O)C(=O)N(CC(=O)N(Cc2ccco2)CC(F)(F)F)C1=O. The van der Waals surface area contributed by atoms with E-state index in [2.05, 4.69) is 0 Å². The lowest BCUT2D eigenvalue weighted by atomic mass is 10.2. The molecule has 170 valence electrons. The Hall–Kier alpha value is -3.83. The van der Waals surface area contributed by atoms with E-state index < -0.39 is 49.6 Å². The molecule has 0 radical (unpaired) electrons. The number of alkyl halides is 3. The summed E-state index contributed by atoms with van der Waals surface area (Å²) in [7, 11) is 0. The predicted molar refractivity (Wildman–Crippen MR) is 102 cm³/mol. The summed E-state index contributed by atoms with van der Waals surface area (Å²) in [5, 5.41) is 0. The van der Waals surface area contributed by atoms with Gasteiger partial charge in [-0.15, -0.1) is 0 Å². The van der Waals surface area contributed by atoms with Crippen LogP contribution in [0.2, 0.25) is 0 Å². The molecule has 0 bridgehead atoms. The number of imide groups is 2. The Kier molecular flexibility index (Phi) is 6.51. The summed E-state index contributed by atoms with van der Waals surface area (Å²) < 4.78 is 49.3. The Morgan fingerprint density at radius 2 is 1.81 bits per heavy atom. The van der Waals surface area contributed by atoms with Crippen LogP contribution in [0.1, 0.15) is 12.7 Å². The molecule has 32 heavy (non-hydrogen) atoms. The first-order valence-electron chi connectivity index (χ1n) is 9.41. The Morgan fingerprint density at radius 3 is 2.44 bits per heavy atom. The highest BCUT2D eigenvalue weighted by Crippen LogP contribution is 2.32. The molecule has 12 heteroatoms. The number of hydrogen-bond donors (Lipinski definition) is 0. The van der Waals surface area contributed by atoms with Gasteiger partial charge < -0.3 is 14.1 Å². The molecule has 1 saturated heterocycles. The first-order chi connectivity index (χ1) is 15.1. The van der Waals surface area contributed by atoms with Crippen LogP contribution in [0.4, 0.5) is 23.7 Å². The largest absolute Gasteiger partial charge is 0.492 e.